The first-order valence-corrected chi connectivity index (χ1v) is 11.2. The van der Waals surface area contributed by atoms with Crippen LogP contribution < -0.4 is 0 Å². The standard InChI is InChI=1S/C23H32N2O3/c1-20-8-5-16(26)11-14(20)3-4-18-17(20)6-9-21(2)22(27,12-19-23(18,21)28-19)15-7-10-24-25-13-15/h7,10,13-14,16-19,26-27H,3-6,8-9,11-12H2,1-2H3/t14-,16+,17+,18-,19-,20+,21-,22+,23-/m1/s1. The van der Waals surface area contributed by atoms with Crippen LogP contribution in [0.5, 0.6) is 0 Å². The van der Waals surface area contributed by atoms with Crippen molar-refractivity contribution in [2.45, 2.75) is 88.6 Å². The Morgan fingerprint density at radius 2 is 1.93 bits per heavy atom. The lowest BCUT2D eigenvalue weighted by Gasteiger charge is -2.61. The van der Waals surface area contributed by atoms with Crippen molar-refractivity contribution < 1.29 is 14.9 Å². The maximum Gasteiger partial charge on any atom is 0.106 e. The number of hydrogen-bond donors (Lipinski definition) is 2. The number of aromatic nitrogens is 2. The van der Waals surface area contributed by atoms with E-state index in [4.69, 9.17) is 4.74 Å². The number of aliphatic hydroxyl groups is 2. The molecule has 6 rings (SSSR count). The molecular formula is C23H32N2O3. The number of rotatable bonds is 1. The minimum Gasteiger partial charge on any atom is -0.393 e. The molecule has 1 spiro atoms. The lowest BCUT2D eigenvalue weighted by atomic mass is 9.43. The zero-order valence-corrected chi connectivity index (χ0v) is 17.0. The van der Waals surface area contributed by atoms with Crippen LogP contribution in [0.1, 0.15) is 70.8 Å². The fraction of sp³-hybridized carbons (Fsp3) is 0.826. The van der Waals surface area contributed by atoms with Gasteiger partial charge in [-0.1, -0.05) is 13.8 Å². The van der Waals surface area contributed by atoms with Gasteiger partial charge >= 0.3 is 0 Å². The van der Waals surface area contributed by atoms with Gasteiger partial charge in [-0.05, 0) is 74.2 Å². The second-order valence-electron chi connectivity index (χ2n) is 10.9. The Bertz CT molecular complexity index is 804. The molecule has 1 aromatic rings. The van der Waals surface area contributed by atoms with Crippen molar-refractivity contribution in [1.29, 1.82) is 0 Å². The molecule has 5 heteroatoms. The fourth-order valence-electron chi connectivity index (χ4n) is 8.67. The Morgan fingerprint density at radius 3 is 2.71 bits per heavy atom. The summed E-state index contributed by atoms with van der Waals surface area (Å²) in [4.78, 5) is 0. The molecule has 2 N–H and O–H groups in total. The molecule has 5 nitrogen and oxygen atoms in total. The highest BCUT2D eigenvalue weighted by Crippen LogP contribution is 2.78. The van der Waals surface area contributed by atoms with Gasteiger partial charge in [-0.3, -0.25) is 0 Å². The van der Waals surface area contributed by atoms with Gasteiger partial charge in [0.2, 0.25) is 0 Å². The van der Waals surface area contributed by atoms with E-state index < -0.39 is 5.60 Å². The molecule has 0 aromatic carbocycles. The Labute approximate surface area is 166 Å². The van der Waals surface area contributed by atoms with E-state index in [0.29, 0.717) is 29.6 Å². The topological polar surface area (TPSA) is 78.8 Å². The molecule has 1 aromatic heterocycles. The van der Waals surface area contributed by atoms with Crippen LogP contribution >= 0.6 is 0 Å². The maximum absolute atomic E-state index is 12.0. The molecule has 0 amide bonds. The lowest BCUT2D eigenvalue weighted by molar-refractivity contribution is -0.193. The zero-order valence-electron chi connectivity index (χ0n) is 17.0. The smallest absolute Gasteiger partial charge is 0.106 e. The molecule has 9 atom stereocenters. The summed E-state index contributed by atoms with van der Waals surface area (Å²) in [6, 6.07) is 1.93. The Balaban J connectivity index is 1.39. The van der Waals surface area contributed by atoms with Crippen molar-refractivity contribution in [1.82, 2.24) is 10.2 Å². The molecule has 1 aliphatic heterocycles. The monoisotopic (exact) mass is 384 g/mol. The van der Waals surface area contributed by atoms with Gasteiger partial charge in [-0.25, -0.2) is 0 Å². The number of epoxide rings is 1. The van der Waals surface area contributed by atoms with Crippen molar-refractivity contribution in [3.8, 4) is 0 Å². The number of aliphatic hydroxyl groups excluding tert-OH is 1. The summed E-state index contributed by atoms with van der Waals surface area (Å²) in [7, 11) is 0. The maximum atomic E-state index is 12.0. The zero-order chi connectivity index (χ0) is 19.4. The first-order chi connectivity index (χ1) is 13.4. The summed E-state index contributed by atoms with van der Waals surface area (Å²) in [6.45, 7) is 4.76. The van der Waals surface area contributed by atoms with Crippen LogP contribution in [-0.2, 0) is 10.3 Å². The predicted octanol–water partition coefficient (Wildman–Crippen LogP) is 3.20. The van der Waals surface area contributed by atoms with E-state index in [9.17, 15) is 10.2 Å². The third-order valence-corrected chi connectivity index (χ3v) is 10.2. The summed E-state index contributed by atoms with van der Waals surface area (Å²) in [5, 5.41) is 30.2. The van der Waals surface area contributed by atoms with Gasteiger partial charge in [0.1, 0.15) is 11.2 Å². The van der Waals surface area contributed by atoms with Crippen LogP contribution in [0.25, 0.3) is 0 Å². The fourth-order valence-corrected chi connectivity index (χ4v) is 8.67. The third kappa shape index (κ3) is 1.85. The van der Waals surface area contributed by atoms with Crippen LogP contribution in [0.2, 0.25) is 0 Å². The molecule has 1 saturated heterocycles. The van der Waals surface area contributed by atoms with Gasteiger partial charge in [0, 0.05) is 23.6 Å². The molecule has 0 radical (unpaired) electrons. The highest BCUT2D eigenvalue weighted by Gasteiger charge is 2.84. The summed E-state index contributed by atoms with van der Waals surface area (Å²) in [5.74, 6) is 1.81. The molecule has 0 bridgehead atoms. The van der Waals surface area contributed by atoms with Crippen molar-refractivity contribution in [3.05, 3.63) is 24.0 Å². The molecule has 0 unspecified atom stereocenters. The van der Waals surface area contributed by atoms with Crippen LogP contribution in [0.4, 0.5) is 0 Å². The van der Waals surface area contributed by atoms with Crippen LogP contribution in [0.3, 0.4) is 0 Å². The normalized spacial score (nSPS) is 56.9. The van der Waals surface area contributed by atoms with Gasteiger partial charge in [0.25, 0.3) is 0 Å². The molecule has 28 heavy (non-hydrogen) atoms. The van der Waals surface area contributed by atoms with Gasteiger partial charge in [0.05, 0.1) is 18.4 Å². The van der Waals surface area contributed by atoms with Gasteiger partial charge in [0.15, 0.2) is 0 Å². The van der Waals surface area contributed by atoms with E-state index in [0.717, 1.165) is 37.7 Å². The Morgan fingerprint density at radius 1 is 1.07 bits per heavy atom. The highest BCUT2D eigenvalue weighted by atomic mass is 16.6. The Kier molecular flexibility index (Phi) is 3.40. The second kappa shape index (κ2) is 5.35. The first-order valence-electron chi connectivity index (χ1n) is 11.2. The van der Waals surface area contributed by atoms with E-state index in [1.807, 2.05) is 6.07 Å². The quantitative estimate of drug-likeness (QED) is 0.727. The molecule has 4 aliphatic carbocycles. The van der Waals surface area contributed by atoms with E-state index in [-0.39, 0.29) is 23.2 Å². The summed E-state index contributed by atoms with van der Waals surface area (Å²) in [5.41, 5.74) is -0.116. The second-order valence-corrected chi connectivity index (χ2v) is 10.9. The lowest BCUT2D eigenvalue weighted by Crippen LogP contribution is -2.61. The molecule has 4 saturated carbocycles. The van der Waals surface area contributed by atoms with Crippen molar-refractivity contribution in [3.63, 3.8) is 0 Å². The van der Waals surface area contributed by atoms with Gasteiger partial charge in [-0.15, -0.1) is 0 Å². The first kappa shape index (κ1) is 17.8. The average Bonchev–Trinajstić information content (AvgIpc) is 3.35. The number of hydrogen-bond acceptors (Lipinski definition) is 5. The van der Waals surface area contributed by atoms with E-state index in [2.05, 4.69) is 24.0 Å². The molecule has 5 fully saturated rings. The molecule has 2 heterocycles. The van der Waals surface area contributed by atoms with Gasteiger partial charge in [-0.2, -0.15) is 10.2 Å². The van der Waals surface area contributed by atoms with Crippen LogP contribution in [-0.4, -0.2) is 38.2 Å². The van der Waals surface area contributed by atoms with Gasteiger partial charge < -0.3 is 14.9 Å². The number of nitrogens with zero attached hydrogens (tertiary/aromatic N) is 2. The van der Waals surface area contributed by atoms with E-state index in [1.165, 1.54) is 12.8 Å². The Hall–Kier alpha value is -1.04. The largest absolute Gasteiger partial charge is 0.393 e. The van der Waals surface area contributed by atoms with Crippen molar-refractivity contribution in [2.75, 3.05) is 0 Å². The SMILES string of the molecule is C[C@]12CC[C@H](O)C[C@H]1CC[C@@H]1[C@@H]2CC[C@@]2(C)[C@@]13O[C@@H]3C[C@]2(O)c1ccnnc1. The van der Waals surface area contributed by atoms with Crippen molar-refractivity contribution in [2.24, 2.45) is 28.6 Å². The molecule has 5 aliphatic rings. The minimum atomic E-state index is -0.878. The molecule has 152 valence electrons. The highest BCUT2D eigenvalue weighted by molar-refractivity contribution is 5.37. The average molecular weight is 385 g/mol. The van der Waals surface area contributed by atoms with Crippen LogP contribution in [0.15, 0.2) is 18.5 Å². The summed E-state index contributed by atoms with van der Waals surface area (Å²) < 4.78 is 6.53. The summed E-state index contributed by atoms with van der Waals surface area (Å²) >= 11 is 0. The van der Waals surface area contributed by atoms with E-state index in [1.54, 1.807) is 12.4 Å². The van der Waals surface area contributed by atoms with Crippen LogP contribution in [0, 0.1) is 28.6 Å². The minimum absolute atomic E-state index is 0.109. The van der Waals surface area contributed by atoms with E-state index >= 15 is 0 Å². The summed E-state index contributed by atoms with van der Waals surface area (Å²) in [6.07, 6.45) is 11.7. The predicted molar refractivity (Wildman–Crippen MR) is 103 cm³/mol. The van der Waals surface area contributed by atoms with Crippen molar-refractivity contribution >= 4 is 0 Å². The molecular weight excluding hydrogens is 352 g/mol. The third-order valence-electron chi connectivity index (χ3n) is 10.2. The number of ether oxygens (including phenoxy) is 1. The number of fused-ring (bicyclic) bond motifs is 3.